The summed E-state index contributed by atoms with van der Waals surface area (Å²) in [4.78, 5) is 26.4. The maximum atomic E-state index is 13.1. The number of benzene rings is 2. The summed E-state index contributed by atoms with van der Waals surface area (Å²) in [6.07, 6.45) is 1.04. The lowest BCUT2D eigenvalue weighted by Crippen LogP contribution is -2.43. The average molecular weight is 468 g/mol. The van der Waals surface area contributed by atoms with Crippen LogP contribution >= 0.6 is 11.6 Å². The number of anilines is 1. The highest BCUT2D eigenvalue weighted by molar-refractivity contribution is 7.89. The van der Waals surface area contributed by atoms with Crippen LogP contribution in [0.15, 0.2) is 47.4 Å². The van der Waals surface area contributed by atoms with Crippen molar-refractivity contribution in [1.29, 1.82) is 0 Å². The number of halogens is 2. The van der Waals surface area contributed by atoms with Crippen molar-refractivity contribution in [3.05, 3.63) is 58.9 Å². The fourth-order valence-corrected chi connectivity index (χ4v) is 5.10. The summed E-state index contributed by atoms with van der Waals surface area (Å²) in [5.74, 6) is -1.72. The van der Waals surface area contributed by atoms with Gasteiger partial charge < -0.3 is 10.2 Å². The molecule has 1 aliphatic heterocycles. The van der Waals surface area contributed by atoms with Gasteiger partial charge in [-0.05, 0) is 55.3 Å². The van der Waals surface area contributed by atoms with Crippen molar-refractivity contribution in [1.82, 2.24) is 9.21 Å². The van der Waals surface area contributed by atoms with Gasteiger partial charge in [-0.2, -0.15) is 4.31 Å². The quantitative estimate of drug-likeness (QED) is 0.731. The minimum atomic E-state index is -3.83. The first kappa shape index (κ1) is 23.2. The molecule has 1 aliphatic rings. The van der Waals surface area contributed by atoms with Gasteiger partial charge in [0, 0.05) is 32.9 Å². The zero-order valence-corrected chi connectivity index (χ0v) is 18.7. The van der Waals surface area contributed by atoms with Gasteiger partial charge in [0.2, 0.25) is 15.9 Å². The van der Waals surface area contributed by atoms with Gasteiger partial charge in [0.1, 0.15) is 5.82 Å². The summed E-state index contributed by atoms with van der Waals surface area (Å²) in [7, 11) is -0.634. The van der Waals surface area contributed by atoms with E-state index >= 15 is 0 Å². The highest BCUT2D eigenvalue weighted by atomic mass is 35.5. The van der Waals surface area contributed by atoms with E-state index in [-0.39, 0.29) is 40.4 Å². The Labute approximate surface area is 185 Å². The Morgan fingerprint density at radius 1 is 1.16 bits per heavy atom. The molecule has 1 fully saturated rings. The molecule has 166 valence electrons. The van der Waals surface area contributed by atoms with Crippen molar-refractivity contribution in [2.75, 3.05) is 32.5 Å². The van der Waals surface area contributed by atoms with E-state index < -0.39 is 21.8 Å². The molecule has 2 amide bonds. The van der Waals surface area contributed by atoms with Gasteiger partial charge in [0.15, 0.2) is 0 Å². The number of carbonyl (C=O) groups excluding carboxylic acids is 2. The fraction of sp³-hybridized carbons (Fsp3) is 0.333. The maximum absolute atomic E-state index is 13.1. The lowest BCUT2D eigenvalue weighted by atomic mass is 9.98. The van der Waals surface area contributed by atoms with Crippen LogP contribution in [0.1, 0.15) is 23.2 Å². The van der Waals surface area contributed by atoms with E-state index in [1.165, 1.54) is 33.5 Å². The monoisotopic (exact) mass is 467 g/mol. The second kappa shape index (κ2) is 9.33. The van der Waals surface area contributed by atoms with E-state index in [1.54, 1.807) is 20.2 Å². The molecule has 10 heteroatoms. The predicted octanol–water partition coefficient (Wildman–Crippen LogP) is 3.22. The van der Waals surface area contributed by atoms with Gasteiger partial charge in [-0.25, -0.2) is 12.8 Å². The maximum Gasteiger partial charge on any atom is 0.254 e. The number of sulfonamides is 1. The lowest BCUT2D eigenvalue weighted by molar-refractivity contribution is -0.120. The van der Waals surface area contributed by atoms with Gasteiger partial charge in [-0.15, -0.1) is 0 Å². The number of hydrogen-bond acceptors (Lipinski definition) is 4. The Balaban J connectivity index is 1.74. The molecular formula is C21H23ClFN3O4S. The molecular weight excluding hydrogens is 445 g/mol. The minimum Gasteiger partial charge on any atom is -0.345 e. The van der Waals surface area contributed by atoms with E-state index in [0.717, 1.165) is 12.1 Å². The molecule has 0 radical (unpaired) electrons. The topological polar surface area (TPSA) is 86.8 Å². The molecule has 0 spiro atoms. The Morgan fingerprint density at radius 3 is 2.48 bits per heavy atom. The first-order valence-electron chi connectivity index (χ1n) is 9.67. The van der Waals surface area contributed by atoms with Gasteiger partial charge in [-0.3, -0.25) is 9.59 Å². The third kappa shape index (κ3) is 5.23. The van der Waals surface area contributed by atoms with Gasteiger partial charge in [0.05, 0.1) is 21.4 Å². The van der Waals surface area contributed by atoms with Crippen molar-refractivity contribution >= 4 is 39.1 Å². The molecule has 0 aliphatic carbocycles. The molecule has 31 heavy (non-hydrogen) atoms. The van der Waals surface area contributed by atoms with Crippen molar-refractivity contribution in [3.63, 3.8) is 0 Å². The Morgan fingerprint density at radius 2 is 1.84 bits per heavy atom. The number of nitrogens with zero attached hydrogens (tertiary/aromatic N) is 2. The molecule has 1 saturated heterocycles. The molecule has 7 nitrogen and oxygen atoms in total. The number of piperidine rings is 1. The Hall–Kier alpha value is -2.49. The molecule has 1 heterocycles. The number of rotatable bonds is 5. The summed E-state index contributed by atoms with van der Waals surface area (Å²) >= 11 is 6.10. The molecule has 1 atom stereocenters. The van der Waals surface area contributed by atoms with Crippen LogP contribution in [-0.2, 0) is 14.8 Å². The summed E-state index contributed by atoms with van der Waals surface area (Å²) in [6, 6.07) is 9.22. The van der Waals surface area contributed by atoms with E-state index in [0.29, 0.717) is 18.5 Å². The highest BCUT2D eigenvalue weighted by Crippen LogP contribution is 2.26. The van der Waals surface area contributed by atoms with Crippen LogP contribution in [-0.4, -0.2) is 56.6 Å². The zero-order valence-electron chi connectivity index (χ0n) is 17.1. The molecule has 1 unspecified atom stereocenters. The van der Waals surface area contributed by atoms with Crippen molar-refractivity contribution in [2.45, 2.75) is 17.7 Å². The average Bonchev–Trinajstić information content (AvgIpc) is 2.75. The smallest absolute Gasteiger partial charge is 0.254 e. The lowest BCUT2D eigenvalue weighted by Gasteiger charge is -2.31. The van der Waals surface area contributed by atoms with Crippen LogP contribution in [0.2, 0.25) is 5.02 Å². The summed E-state index contributed by atoms with van der Waals surface area (Å²) < 4.78 is 40.1. The second-order valence-corrected chi connectivity index (χ2v) is 9.88. The Bertz CT molecular complexity index is 1090. The summed E-state index contributed by atoms with van der Waals surface area (Å²) in [5.41, 5.74) is 0.659. The third-order valence-corrected chi connectivity index (χ3v) is 7.29. The Kier molecular flexibility index (Phi) is 6.98. The molecule has 1 N–H and O–H groups in total. The SMILES string of the molecule is CN(C)C(=O)c1cc(NC(=O)C2CCCN(S(=O)(=O)c3ccc(F)cc3)C2)ccc1Cl. The second-order valence-electron chi connectivity index (χ2n) is 7.54. The minimum absolute atomic E-state index is 0.0144. The van der Waals surface area contributed by atoms with Crippen molar-refractivity contribution in [3.8, 4) is 0 Å². The van der Waals surface area contributed by atoms with Crippen LogP contribution < -0.4 is 5.32 Å². The van der Waals surface area contributed by atoms with E-state index in [1.807, 2.05) is 0 Å². The molecule has 3 rings (SSSR count). The van der Waals surface area contributed by atoms with Gasteiger partial charge in [-0.1, -0.05) is 11.6 Å². The number of nitrogens with one attached hydrogen (secondary N) is 1. The molecule has 0 aromatic heterocycles. The van der Waals surface area contributed by atoms with Crippen LogP contribution in [0, 0.1) is 11.7 Å². The van der Waals surface area contributed by atoms with Gasteiger partial charge in [0.25, 0.3) is 5.91 Å². The normalized spacial score (nSPS) is 17.2. The number of amides is 2. The van der Waals surface area contributed by atoms with Crippen LogP contribution in [0.5, 0.6) is 0 Å². The molecule has 2 aromatic rings. The summed E-state index contributed by atoms with van der Waals surface area (Å²) in [6.45, 7) is 0.300. The highest BCUT2D eigenvalue weighted by Gasteiger charge is 2.33. The summed E-state index contributed by atoms with van der Waals surface area (Å²) in [5, 5.41) is 3.02. The van der Waals surface area contributed by atoms with Crippen LogP contribution in [0.4, 0.5) is 10.1 Å². The first-order chi connectivity index (χ1) is 14.6. The van der Waals surface area contributed by atoms with E-state index in [9.17, 15) is 22.4 Å². The predicted molar refractivity (Wildman–Crippen MR) is 116 cm³/mol. The molecule has 0 saturated carbocycles. The fourth-order valence-electron chi connectivity index (χ4n) is 3.38. The van der Waals surface area contributed by atoms with Crippen molar-refractivity contribution in [2.24, 2.45) is 5.92 Å². The number of hydrogen-bond donors (Lipinski definition) is 1. The van der Waals surface area contributed by atoms with Crippen LogP contribution in [0.3, 0.4) is 0 Å². The first-order valence-corrected chi connectivity index (χ1v) is 11.5. The number of carbonyl (C=O) groups is 2. The zero-order chi connectivity index (χ0) is 22.8. The molecule has 2 aromatic carbocycles. The van der Waals surface area contributed by atoms with Crippen LogP contribution in [0.25, 0.3) is 0 Å². The van der Waals surface area contributed by atoms with Crippen molar-refractivity contribution < 1.29 is 22.4 Å². The van der Waals surface area contributed by atoms with E-state index in [2.05, 4.69) is 5.32 Å². The largest absolute Gasteiger partial charge is 0.345 e. The molecule has 0 bridgehead atoms. The third-order valence-electron chi connectivity index (χ3n) is 5.08. The van der Waals surface area contributed by atoms with E-state index in [4.69, 9.17) is 11.6 Å². The van der Waals surface area contributed by atoms with Gasteiger partial charge >= 0.3 is 0 Å². The standard InChI is InChI=1S/C21H23ClFN3O4S/c1-25(2)21(28)18-12-16(7-10-19(18)22)24-20(27)14-4-3-11-26(13-14)31(29,30)17-8-5-15(23)6-9-17/h5-10,12,14H,3-4,11,13H2,1-2H3,(H,24,27).